The molecule has 4 nitrogen and oxygen atoms in total. The molecule has 0 saturated carbocycles. The number of methoxy groups -OCH3 is 1. The summed E-state index contributed by atoms with van der Waals surface area (Å²) in [6.45, 7) is 1.31. The number of aromatic nitrogens is 2. The number of nitrogens with one attached hydrogen (secondary N) is 1. The maximum absolute atomic E-state index is 12.7. The van der Waals surface area contributed by atoms with E-state index in [4.69, 9.17) is 4.74 Å². The van der Waals surface area contributed by atoms with Crippen molar-refractivity contribution in [3.8, 4) is 11.4 Å². The average molecular weight is 253 g/mol. The summed E-state index contributed by atoms with van der Waals surface area (Å²) in [5.74, 6) is 0.345. The van der Waals surface area contributed by atoms with Gasteiger partial charge in [-0.15, -0.1) is 0 Å². The molecular formula is C11H12FN3OS. The Bertz CT molecular complexity index is 472. The first-order valence-corrected chi connectivity index (χ1v) is 5.89. The number of halogens is 1. The second-order valence-electron chi connectivity index (χ2n) is 3.35. The summed E-state index contributed by atoms with van der Waals surface area (Å²) in [5, 5.41) is 3.83. The molecule has 0 aliphatic rings. The van der Waals surface area contributed by atoms with Crippen LogP contribution in [-0.2, 0) is 4.74 Å². The van der Waals surface area contributed by atoms with Crippen molar-refractivity contribution >= 4 is 16.7 Å². The fourth-order valence-electron chi connectivity index (χ4n) is 1.27. The van der Waals surface area contributed by atoms with Gasteiger partial charge in [0.25, 0.3) is 0 Å². The molecule has 2 aromatic rings. The molecule has 1 N–H and O–H groups in total. The molecule has 0 unspecified atom stereocenters. The van der Waals surface area contributed by atoms with Crippen molar-refractivity contribution in [3.05, 3.63) is 30.1 Å². The Labute approximate surface area is 103 Å². The van der Waals surface area contributed by atoms with Gasteiger partial charge in [-0.1, -0.05) is 0 Å². The monoisotopic (exact) mass is 253 g/mol. The van der Waals surface area contributed by atoms with Crippen LogP contribution in [0.5, 0.6) is 0 Å². The topological polar surface area (TPSA) is 47.0 Å². The highest BCUT2D eigenvalue weighted by molar-refractivity contribution is 7.09. The number of nitrogens with zero attached hydrogens (tertiary/aromatic N) is 2. The van der Waals surface area contributed by atoms with Crippen molar-refractivity contribution < 1.29 is 9.13 Å². The largest absolute Gasteiger partial charge is 0.383 e. The van der Waals surface area contributed by atoms with Crippen LogP contribution < -0.4 is 5.32 Å². The SMILES string of the molecule is COCCNc1nc(-c2ccc(F)cc2)ns1. The van der Waals surface area contributed by atoms with Gasteiger partial charge in [-0.2, -0.15) is 9.36 Å². The maximum Gasteiger partial charge on any atom is 0.202 e. The van der Waals surface area contributed by atoms with Crippen LogP contribution in [0.25, 0.3) is 11.4 Å². The minimum Gasteiger partial charge on any atom is -0.383 e. The predicted molar refractivity (Wildman–Crippen MR) is 65.7 cm³/mol. The lowest BCUT2D eigenvalue weighted by Gasteiger charge is -1.99. The van der Waals surface area contributed by atoms with Crippen molar-refractivity contribution in [3.63, 3.8) is 0 Å². The molecule has 2 rings (SSSR count). The van der Waals surface area contributed by atoms with Crippen molar-refractivity contribution in [2.75, 3.05) is 25.6 Å². The molecule has 17 heavy (non-hydrogen) atoms. The van der Waals surface area contributed by atoms with Crippen LogP contribution in [0.1, 0.15) is 0 Å². The van der Waals surface area contributed by atoms with Gasteiger partial charge in [-0.25, -0.2) is 4.39 Å². The van der Waals surface area contributed by atoms with E-state index in [1.807, 2.05) is 0 Å². The number of benzene rings is 1. The lowest BCUT2D eigenvalue weighted by Crippen LogP contribution is -2.06. The summed E-state index contributed by atoms with van der Waals surface area (Å²) in [7, 11) is 1.64. The van der Waals surface area contributed by atoms with E-state index in [0.717, 1.165) is 10.7 Å². The van der Waals surface area contributed by atoms with Crippen LogP contribution in [0.2, 0.25) is 0 Å². The van der Waals surface area contributed by atoms with Gasteiger partial charge in [0.05, 0.1) is 6.61 Å². The van der Waals surface area contributed by atoms with Crippen LogP contribution in [0.4, 0.5) is 9.52 Å². The Morgan fingerprint density at radius 2 is 2.12 bits per heavy atom. The zero-order valence-electron chi connectivity index (χ0n) is 9.31. The fourth-order valence-corrected chi connectivity index (χ4v) is 1.88. The van der Waals surface area contributed by atoms with E-state index in [2.05, 4.69) is 14.7 Å². The van der Waals surface area contributed by atoms with E-state index in [0.29, 0.717) is 19.0 Å². The molecule has 1 aromatic heterocycles. The average Bonchev–Trinajstić information content (AvgIpc) is 2.79. The van der Waals surface area contributed by atoms with Gasteiger partial charge in [0, 0.05) is 30.8 Å². The van der Waals surface area contributed by atoms with Crippen molar-refractivity contribution in [1.29, 1.82) is 0 Å². The zero-order valence-corrected chi connectivity index (χ0v) is 10.1. The lowest BCUT2D eigenvalue weighted by molar-refractivity contribution is 0.211. The Morgan fingerprint density at radius 3 is 2.82 bits per heavy atom. The first kappa shape index (κ1) is 11.9. The smallest absolute Gasteiger partial charge is 0.202 e. The minimum atomic E-state index is -0.262. The van der Waals surface area contributed by atoms with Gasteiger partial charge in [0.2, 0.25) is 5.13 Å². The summed E-state index contributed by atoms with van der Waals surface area (Å²) in [5.41, 5.74) is 0.808. The molecule has 0 saturated heterocycles. The number of hydrogen-bond acceptors (Lipinski definition) is 5. The second-order valence-corrected chi connectivity index (χ2v) is 4.10. The molecule has 6 heteroatoms. The predicted octanol–water partition coefficient (Wildman–Crippen LogP) is 2.40. The number of rotatable bonds is 5. The molecule has 0 bridgehead atoms. The Kier molecular flexibility index (Phi) is 4.00. The molecule has 0 radical (unpaired) electrons. The quantitative estimate of drug-likeness (QED) is 0.831. The molecule has 90 valence electrons. The highest BCUT2D eigenvalue weighted by Gasteiger charge is 2.05. The van der Waals surface area contributed by atoms with Gasteiger partial charge in [0.15, 0.2) is 5.82 Å². The summed E-state index contributed by atoms with van der Waals surface area (Å²) in [4.78, 5) is 4.30. The molecule has 1 heterocycles. The lowest BCUT2D eigenvalue weighted by atomic mass is 10.2. The van der Waals surface area contributed by atoms with Crippen molar-refractivity contribution in [1.82, 2.24) is 9.36 Å². The van der Waals surface area contributed by atoms with E-state index in [9.17, 15) is 4.39 Å². The van der Waals surface area contributed by atoms with E-state index < -0.39 is 0 Å². The van der Waals surface area contributed by atoms with Crippen LogP contribution >= 0.6 is 11.5 Å². The first-order chi connectivity index (χ1) is 8.29. The van der Waals surface area contributed by atoms with Gasteiger partial charge in [-0.05, 0) is 24.3 Å². The third kappa shape index (κ3) is 3.21. The first-order valence-electron chi connectivity index (χ1n) is 5.12. The van der Waals surface area contributed by atoms with E-state index >= 15 is 0 Å². The molecule has 0 fully saturated rings. The van der Waals surface area contributed by atoms with Crippen molar-refractivity contribution in [2.45, 2.75) is 0 Å². The van der Waals surface area contributed by atoms with Gasteiger partial charge in [-0.3, -0.25) is 0 Å². The molecule has 0 atom stereocenters. The van der Waals surface area contributed by atoms with Gasteiger partial charge < -0.3 is 10.1 Å². The molecule has 0 spiro atoms. The highest BCUT2D eigenvalue weighted by Crippen LogP contribution is 2.20. The van der Waals surface area contributed by atoms with E-state index in [-0.39, 0.29) is 5.82 Å². The highest BCUT2D eigenvalue weighted by atomic mass is 32.1. The van der Waals surface area contributed by atoms with Crippen molar-refractivity contribution in [2.24, 2.45) is 0 Å². The summed E-state index contributed by atoms with van der Waals surface area (Å²) >= 11 is 1.28. The molecule has 0 aliphatic heterocycles. The number of hydrogen-bond donors (Lipinski definition) is 1. The van der Waals surface area contributed by atoms with E-state index in [1.165, 1.54) is 23.7 Å². The standard InChI is InChI=1S/C11H12FN3OS/c1-16-7-6-13-11-14-10(15-17-11)8-2-4-9(12)5-3-8/h2-5H,6-7H2,1H3,(H,13,14,15). The summed E-state index contributed by atoms with van der Waals surface area (Å²) in [6.07, 6.45) is 0. The van der Waals surface area contributed by atoms with Gasteiger partial charge >= 0.3 is 0 Å². The molecular weight excluding hydrogens is 241 g/mol. The zero-order chi connectivity index (χ0) is 12.1. The molecule has 0 amide bonds. The third-order valence-electron chi connectivity index (χ3n) is 2.11. The molecule has 1 aromatic carbocycles. The fraction of sp³-hybridized carbons (Fsp3) is 0.273. The maximum atomic E-state index is 12.7. The third-order valence-corrected chi connectivity index (χ3v) is 2.78. The Balaban J connectivity index is 2.04. The van der Waals surface area contributed by atoms with Crippen LogP contribution in [-0.4, -0.2) is 29.6 Å². The number of ether oxygens (including phenoxy) is 1. The Morgan fingerprint density at radius 1 is 1.35 bits per heavy atom. The Hall–Kier alpha value is -1.53. The van der Waals surface area contributed by atoms with Gasteiger partial charge in [0.1, 0.15) is 5.82 Å². The van der Waals surface area contributed by atoms with E-state index in [1.54, 1.807) is 19.2 Å². The van der Waals surface area contributed by atoms with Crippen LogP contribution in [0.15, 0.2) is 24.3 Å². The molecule has 0 aliphatic carbocycles. The normalized spacial score (nSPS) is 10.5. The minimum absolute atomic E-state index is 0.262. The summed E-state index contributed by atoms with van der Waals surface area (Å²) < 4.78 is 21.9. The summed E-state index contributed by atoms with van der Waals surface area (Å²) in [6, 6.07) is 6.12. The number of anilines is 1. The van der Waals surface area contributed by atoms with Crippen LogP contribution in [0.3, 0.4) is 0 Å². The second kappa shape index (κ2) is 5.70. The van der Waals surface area contributed by atoms with Crippen LogP contribution in [0, 0.1) is 5.82 Å².